The number of hydrogen-bond donors (Lipinski definition) is 1. The molecule has 1 aromatic rings. The second-order valence-electron chi connectivity index (χ2n) is 4.97. The normalized spacial score (nSPS) is 14.5. The van der Waals surface area contributed by atoms with E-state index in [0.29, 0.717) is 6.61 Å². The van der Waals surface area contributed by atoms with Crippen molar-refractivity contribution in [2.45, 2.75) is 33.3 Å². The average molecular weight is 264 g/mol. The molecule has 1 aliphatic carbocycles. The minimum atomic E-state index is 0.452. The molecule has 5 heteroatoms. The second-order valence-corrected chi connectivity index (χ2v) is 4.97. The van der Waals surface area contributed by atoms with Gasteiger partial charge in [0.1, 0.15) is 18.2 Å². The molecular weight excluding hydrogens is 240 g/mol. The molecular formula is C14H24N4O. The van der Waals surface area contributed by atoms with Crippen LogP contribution in [-0.4, -0.2) is 36.7 Å². The first-order chi connectivity index (χ1) is 9.26. The van der Waals surface area contributed by atoms with Crippen molar-refractivity contribution in [3.63, 3.8) is 0 Å². The molecule has 0 unspecified atom stereocenters. The van der Waals surface area contributed by atoms with Gasteiger partial charge in [0, 0.05) is 32.8 Å². The highest BCUT2D eigenvalue weighted by Crippen LogP contribution is 2.31. The van der Waals surface area contributed by atoms with E-state index in [-0.39, 0.29) is 0 Å². The Morgan fingerprint density at radius 3 is 2.74 bits per heavy atom. The molecule has 0 amide bonds. The summed E-state index contributed by atoms with van der Waals surface area (Å²) in [6, 6.07) is 2.04. The minimum Gasteiger partial charge on any atom is -0.377 e. The molecule has 1 aromatic heterocycles. The molecule has 0 bridgehead atoms. The zero-order valence-electron chi connectivity index (χ0n) is 12.1. The Morgan fingerprint density at radius 1 is 1.37 bits per heavy atom. The predicted octanol–water partition coefficient (Wildman–Crippen LogP) is 2.29. The zero-order valence-corrected chi connectivity index (χ0v) is 12.1. The van der Waals surface area contributed by atoms with Gasteiger partial charge >= 0.3 is 0 Å². The van der Waals surface area contributed by atoms with Crippen LogP contribution in [0.2, 0.25) is 0 Å². The SMILES string of the molecule is CCNc1cc(N(CC)CC2CC2)nc(COC)n1. The molecule has 2 rings (SSSR count). The number of nitrogens with zero attached hydrogens (tertiary/aromatic N) is 3. The fraction of sp³-hybridized carbons (Fsp3) is 0.714. The van der Waals surface area contributed by atoms with E-state index in [1.54, 1.807) is 7.11 Å². The molecule has 1 saturated carbocycles. The van der Waals surface area contributed by atoms with Crippen LogP contribution < -0.4 is 10.2 Å². The van der Waals surface area contributed by atoms with Gasteiger partial charge in [0.05, 0.1) is 0 Å². The van der Waals surface area contributed by atoms with Gasteiger partial charge in [-0.05, 0) is 32.6 Å². The number of nitrogens with one attached hydrogen (secondary N) is 1. The van der Waals surface area contributed by atoms with Gasteiger partial charge in [0.25, 0.3) is 0 Å². The number of ether oxygens (including phenoxy) is 1. The summed E-state index contributed by atoms with van der Waals surface area (Å²) in [7, 11) is 1.67. The van der Waals surface area contributed by atoms with Gasteiger partial charge in [-0.15, -0.1) is 0 Å². The first kappa shape index (κ1) is 14.1. The standard InChI is InChI=1S/C14H24N4O/c1-4-15-12-8-14(17-13(16-12)10-19-3)18(5-2)9-11-6-7-11/h8,11H,4-7,9-10H2,1-3H3,(H,15,16,17). The van der Waals surface area contributed by atoms with Gasteiger partial charge in [0.2, 0.25) is 0 Å². The molecule has 0 saturated heterocycles. The number of anilines is 2. The predicted molar refractivity (Wildman–Crippen MR) is 77.5 cm³/mol. The van der Waals surface area contributed by atoms with Crippen LogP contribution in [0.15, 0.2) is 6.07 Å². The summed E-state index contributed by atoms with van der Waals surface area (Å²) in [6.07, 6.45) is 2.71. The molecule has 1 aliphatic rings. The maximum atomic E-state index is 5.15. The van der Waals surface area contributed by atoms with Gasteiger partial charge in [-0.2, -0.15) is 0 Å². The van der Waals surface area contributed by atoms with Crippen LogP contribution in [-0.2, 0) is 11.3 Å². The molecule has 0 aromatic carbocycles. The van der Waals surface area contributed by atoms with Crippen LogP contribution in [0.4, 0.5) is 11.6 Å². The van der Waals surface area contributed by atoms with Crippen LogP contribution in [0.1, 0.15) is 32.5 Å². The van der Waals surface area contributed by atoms with Crippen LogP contribution in [0, 0.1) is 5.92 Å². The van der Waals surface area contributed by atoms with Crippen LogP contribution >= 0.6 is 0 Å². The highest BCUT2D eigenvalue weighted by molar-refractivity contribution is 5.49. The van der Waals surface area contributed by atoms with Crippen molar-refractivity contribution in [3.05, 3.63) is 11.9 Å². The lowest BCUT2D eigenvalue weighted by Gasteiger charge is -2.23. The van der Waals surface area contributed by atoms with E-state index in [4.69, 9.17) is 4.74 Å². The summed E-state index contributed by atoms with van der Waals surface area (Å²) in [5.74, 6) is 3.48. The van der Waals surface area contributed by atoms with Gasteiger partial charge < -0.3 is 15.0 Å². The summed E-state index contributed by atoms with van der Waals surface area (Å²) in [6.45, 7) is 7.63. The van der Waals surface area contributed by atoms with Gasteiger partial charge in [-0.1, -0.05) is 0 Å². The zero-order chi connectivity index (χ0) is 13.7. The first-order valence-corrected chi connectivity index (χ1v) is 7.12. The van der Waals surface area contributed by atoms with Crippen molar-refractivity contribution in [2.24, 2.45) is 5.92 Å². The van der Waals surface area contributed by atoms with Crippen molar-refractivity contribution < 1.29 is 4.74 Å². The molecule has 19 heavy (non-hydrogen) atoms. The lowest BCUT2D eigenvalue weighted by atomic mass is 10.3. The molecule has 1 fully saturated rings. The summed E-state index contributed by atoms with van der Waals surface area (Å²) in [5.41, 5.74) is 0. The fourth-order valence-corrected chi connectivity index (χ4v) is 2.11. The van der Waals surface area contributed by atoms with Crippen molar-refractivity contribution in [3.8, 4) is 0 Å². The molecule has 1 N–H and O–H groups in total. The van der Waals surface area contributed by atoms with Crippen LogP contribution in [0.5, 0.6) is 0 Å². The largest absolute Gasteiger partial charge is 0.377 e. The van der Waals surface area contributed by atoms with Crippen molar-refractivity contribution in [1.29, 1.82) is 0 Å². The van der Waals surface area contributed by atoms with E-state index in [1.165, 1.54) is 12.8 Å². The fourth-order valence-electron chi connectivity index (χ4n) is 2.11. The maximum Gasteiger partial charge on any atom is 0.158 e. The molecule has 0 radical (unpaired) electrons. The Labute approximate surface area is 115 Å². The quantitative estimate of drug-likeness (QED) is 0.780. The Kier molecular flexibility index (Phi) is 4.96. The molecule has 0 atom stereocenters. The van der Waals surface area contributed by atoms with E-state index in [1.807, 2.05) is 6.07 Å². The average Bonchev–Trinajstić information content (AvgIpc) is 3.20. The number of methoxy groups -OCH3 is 1. The molecule has 1 heterocycles. The highest BCUT2D eigenvalue weighted by atomic mass is 16.5. The van der Waals surface area contributed by atoms with Gasteiger partial charge in [-0.25, -0.2) is 9.97 Å². The van der Waals surface area contributed by atoms with Crippen molar-refractivity contribution >= 4 is 11.6 Å². The third-order valence-electron chi connectivity index (χ3n) is 3.27. The summed E-state index contributed by atoms with van der Waals surface area (Å²) < 4.78 is 5.15. The summed E-state index contributed by atoms with van der Waals surface area (Å²) in [5, 5.41) is 3.26. The Bertz CT molecular complexity index is 382. The monoisotopic (exact) mass is 264 g/mol. The third-order valence-corrected chi connectivity index (χ3v) is 3.27. The van der Waals surface area contributed by atoms with Gasteiger partial charge in [0.15, 0.2) is 5.82 Å². The molecule has 5 nitrogen and oxygen atoms in total. The van der Waals surface area contributed by atoms with E-state index < -0.39 is 0 Å². The lowest BCUT2D eigenvalue weighted by Crippen LogP contribution is -2.27. The van der Waals surface area contributed by atoms with E-state index in [0.717, 1.165) is 43.0 Å². The third kappa shape index (κ3) is 4.06. The topological polar surface area (TPSA) is 50.3 Å². The Balaban J connectivity index is 2.19. The highest BCUT2D eigenvalue weighted by Gasteiger charge is 2.24. The van der Waals surface area contributed by atoms with E-state index >= 15 is 0 Å². The van der Waals surface area contributed by atoms with Crippen molar-refractivity contribution in [1.82, 2.24) is 9.97 Å². The second kappa shape index (κ2) is 6.70. The maximum absolute atomic E-state index is 5.15. The number of rotatable bonds is 8. The number of aromatic nitrogens is 2. The van der Waals surface area contributed by atoms with E-state index in [2.05, 4.69) is 34.0 Å². The van der Waals surface area contributed by atoms with Crippen LogP contribution in [0.3, 0.4) is 0 Å². The summed E-state index contributed by atoms with van der Waals surface area (Å²) in [4.78, 5) is 11.4. The minimum absolute atomic E-state index is 0.452. The molecule has 0 spiro atoms. The Morgan fingerprint density at radius 2 is 2.16 bits per heavy atom. The lowest BCUT2D eigenvalue weighted by molar-refractivity contribution is 0.178. The first-order valence-electron chi connectivity index (χ1n) is 7.12. The van der Waals surface area contributed by atoms with Gasteiger partial charge in [-0.3, -0.25) is 0 Å². The van der Waals surface area contributed by atoms with Crippen LogP contribution in [0.25, 0.3) is 0 Å². The molecule has 0 aliphatic heterocycles. The Hall–Kier alpha value is -1.36. The number of hydrogen-bond acceptors (Lipinski definition) is 5. The molecule has 106 valence electrons. The van der Waals surface area contributed by atoms with Crippen molar-refractivity contribution in [2.75, 3.05) is 37.0 Å². The smallest absolute Gasteiger partial charge is 0.158 e. The summed E-state index contributed by atoms with van der Waals surface area (Å²) >= 11 is 0. The van der Waals surface area contributed by atoms with E-state index in [9.17, 15) is 0 Å².